The number of carbonyl (C=O) groups excluding carboxylic acids is 1. The van der Waals surface area contributed by atoms with Crippen molar-refractivity contribution in [3.8, 4) is 28.4 Å². The lowest BCUT2D eigenvalue weighted by Gasteiger charge is -2.12. The molecule has 1 aromatic heterocycles. The van der Waals surface area contributed by atoms with Gasteiger partial charge in [0.1, 0.15) is 0 Å². The Morgan fingerprint density at radius 3 is 2.38 bits per heavy atom. The first-order chi connectivity index (χ1) is 14.2. The third-order valence-corrected chi connectivity index (χ3v) is 5.10. The Balaban J connectivity index is 1.70. The highest BCUT2D eigenvalue weighted by Gasteiger charge is 2.12. The molecule has 2 aromatic carbocycles. The average Bonchev–Trinajstić information content (AvgIpc) is 3.30. The number of nitrogens with one attached hydrogen (secondary N) is 1. The van der Waals surface area contributed by atoms with Gasteiger partial charge in [0.2, 0.25) is 11.7 Å². The number of methoxy groups -OCH3 is 3. The van der Waals surface area contributed by atoms with Crippen LogP contribution in [0.3, 0.4) is 0 Å². The molecule has 29 heavy (non-hydrogen) atoms. The van der Waals surface area contributed by atoms with Crippen molar-refractivity contribution in [2.75, 3.05) is 21.3 Å². The molecule has 0 fully saturated rings. The van der Waals surface area contributed by atoms with Gasteiger partial charge in [-0.2, -0.15) is 11.3 Å². The minimum Gasteiger partial charge on any atom is -0.493 e. The number of hydrogen-bond acceptors (Lipinski definition) is 5. The van der Waals surface area contributed by atoms with E-state index < -0.39 is 0 Å². The number of ether oxygens (including phenoxy) is 3. The molecule has 1 amide bonds. The number of hydrogen-bond donors (Lipinski definition) is 1. The number of amides is 1. The normalized spacial score (nSPS) is 10.7. The van der Waals surface area contributed by atoms with Gasteiger partial charge in [-0.3, -0.25) is 4.79 Å². The van der Waals surface area contributed by atoms with Crippen LogP contribution in [0.2, 0.25) is 0 Å². The number of thiophene rings is 1. The maximum Gasteiger partial charge on any atom is 0.244 e. The summed E-state index contributed by atoms with van der Waals surface area (Å²) in [5, 5.41) is 7.09. The van der Waals surface area contributed by atoms with Gasteiger partial charge in [0.05, 0.1) is 21.3 Å². The van der Waals surface area contributed by atoms with E-state index in [1.54, 1.807) is 50.9 Å². The second-order valence-electron chi connectivity index (χ2n) is 6.18. The van der Waals surface area contributed by atoms with Gasteiger partial charge in [-0.25, -0.2) is 0 Å². The summed E-state index contributed by atoms with van der Waals surface area (Å²) in [6, 6.07) is 13.7. The van der Waals surface area contributed by atoms with Crippen molar-refractivity contribution in [3.63, 3.8) is 0 Å². The first-order valence-corrected chi connectivity index (χ1v) is 9.97. The molecule has 0 aliphatic heterocycles. The molecule has 3 rings (SSSR count). The molecule has 0 aliphatic rings. The number of rotatable bonds is 8. The maximum atomic E-state index is 12.3. The van der Waals surface area contributed by atoms with Crippen LogP contribution in [0, 0.1) is 0 Å². The zero-order valence-electron chi connectivity index (χ0n) is 16.6. The molecular formula is C23H23NO4S. The summed E-state index contributed by atoms with van der Waals surface area (Å²) >= 11 is 1.65. The van der Waals surface area contributed by atoms with Gasteiger partial charge in [0.25, 0.3) is 0 Å². The summed E-state index contributed by atoms with van der Waals surface area (Å²) in [6.45, 7) is 0.449. The molecule has 0 radical (unpaired) electrons. The largest absolute Gasteiger partial charge is 0.493 e. The molecule has 0 saturated carbocycles. The Kier molecular flexibility index (Phi) is 6.92. The summed E-state index contributed by atoms with van der Waals surface area (Å²) in [7, 11) is 4.67. The lowest BCUT2D eigenvalue weighted by molar-refractivity contribution is -0.116. The third-order valence-electron chi connectivity index (χ3n) is 4.42. The molecule has 0 unspecified atom stereocenters. The molecule has 5 nitrogen and oxygen atoms in total. The van der Waals surface area contributed by atoms with Crippen molar-refractivity contribution >= 4 is 23.3 Å². The Morgan fingerprint density at radius 2 is 1.76 bits per heavy atom. The maximum absolute atomic E-state index is 12.3. The first kappa shape index (κ1) is 20.5. The SMILES string of the molecule is COc1cc(C=CC(=O)NCc2ccccc2-c2ccsc2)cc(OC)c1OC. The molecule has 0 atom stereocenters. The van der Waals surface area contributed by atoms with E-state index in [0.717, 1.165) is 22.3 Å². The van der Waals surface area contributed by atoms with E-state index in [0.29, 0.717) is 23.8 Å². The van der Waals surface area contributed by atoms with Gasteiger partial charge in [0, 0.05) is 12.6 Å². The molecule has 0 spiro atoms. The van der Waals surface area contributed by atoms with Gasteiger partial charge in [0.15, 0.2) is 11.5 Å². The average molecular weight is 410 g/mol. The highest BCUT2D eigenvalue weighted by Crippen LogP contribution is 2.38. The molecule has 1 heterocycles. The van der Waals surface area contributed by atoms with E-state index in [-0.39, 0.29) is 5.91 Å². The smallest absolute Gasteiger partial charge is 0.244 e. The topological polar surface area (TPSA) is 56.8 Å². The van der Waals surface area contributed by atoms with Crippen LogP contribution in [0.4, 0.5) is 0 Å². The van der Waals surface area contributed by atoms with Crippen LogP contribution >= 0.6 is 11.3 Å². The van der Waals surface area contributed by atoms with Crippen molar-refractivity contribution in [2.45, 2.75) is 6.54 Å². The highest BCUT2D eigenvalue weighted by molar-refractivity contribution is 7.08. The van der Waals surface area contributed by atoms with Crippen molar-refractivity contribution in [3.05, 3.63) is 70.4 Å². The second-order valence-corrected chi connectivity index (χ2v) is 6.96. The molecule has 1 N–H and O–H groups in total. The second kappa shape index (κ2) is 9.80. The van der Waals surface area contributed by atoms with Crippen LogP contribution in [0.25, 0.3) is 17.2 Å². The van der Waals surface area contributed by atoms with Gasteiger partial charge in [-0.15, -0.1) is 0 Å². The zero-order chi connectivity index (χ0) is 20.6. The Labute approximate surface area is 174 Å². The van der Waals surface area contributed by atoms with Crippen LogP contribution in [-0.2, 0) is 11.3 Å². The monoisotopic (exact) mass is 409 g/mol. The predicted octanol–water partition coefficient (Wildman–Crippen LogP) is 4.77. The van der Waals surface area contributed by atoms with Crippen LogP contribution in [-0.4, -0.2) is 27.2 Å². The first-order valence-electron chi connectivity index (χ1n) is 9.02. The van der Waals surface area contributed by atoms with E-state index >= 15 is 0 Å². The van der Waals surface area contributed by atoms with Gasteiger partial charge in [-0.1, -0.05) is 24.3 Å². The Hall–Kier alpha value is -3.25. The molecule has 0 bridgehead atoms. The molecule has 150 valence electrons. The van der Waals surface area contributed by atoms with E-state index in [1.807, 2.05) is 23.6 Å². The van der Waals surface area contributed by atoms with Gasteiger partial charge in [-0.05, 0) is 57.3 Å². The summed E-state index contributed by atoms with van der Waals surface area (Å²) in [5.41, 5.74) is 4.13. The van der Waals surface area contributed by atoms with E-state index in [9.17, 15) is 4.79 Å². The third kappa shape index (κ3) is 4.97. The Bertz CT molecular complexity index is 971. The molecule has 0 aliphatic carbocycles. The van der Waals surface area contributed by atoms with E-state index in [4.69, 9.17) is 14.2 Å². The van der Waals surface area contributed by atoms with Gasteiger partial charge < -0.3 is 19.5 Å². The molecular weight excluding hydrogens is 386 g/mol. The molecule has 0 saturated heterocycles. The van der Waals surface area contributed by atoms with Crippen LogP contribution in [0.15, 0.2) is 59.3 Å². The van der Waals surface area contributed by atoms with E-state index in [1.165, 1.54) is 6.08 Å². The van der Waals surface area contributed by atoms with Crippen molar-refractivity contribution in [1.29, 1.82) is 0 Å². The minimum absolute atomic E-state index is 0.182. The highest BCUT2D eigenvalue weighted by atomic mass is 32.1. The molecule has 3 aromatic rings. The zero-order valence-corrected chi connectivity index (χ0v) is 17.4. The summed E-state index contributed by atoms with van der Waals surface area (Å²) in [5.74, 6) is 1.41. The fraction of sp³-hybridized carbons (Fsp3) is 0.174. The summed E-state index contributed by atoms with van der Waals surface area (Å²) in [6.07, 6.45) is 3.21. The standard InChI is InChI=1S/C23H23NO4S/c1-26-20-12-16(13-21(27-2)23(20)28-3)8-9-22(25)24-14-17-6-4-5-7-19(17)18-10-11-29-15-18/h4-13,15H,14H2,1-3H3,(H,24,25). The summed E-state index contributed by atoms with van der Waals surface area (Å²) in [4.78, 5) is 12.3. The van der Waals surface area contributed by atoms with Crippen molar-refractivity contribution in [2.24, 2.45) is 0 Å². The van der Waals surface area contributed by atoms with Crippen molar-refractivity contribution in [1.82, 2.24) is 5.32 Å². The predicted molar refractivity (Wildman–Crippen MR) is 117 cm³/mol. The number of carbonyl (C=O) groups is 1. The van der Waals surface area contributed by atoms with Crippen molar-refractivity contribution < 1.29 is 19.0 Å². The fourth-order valence-corrected chi connectivity index (χ4v) is 3.64. The van der Waals surface area contributed by atoms with Crippen LogP contribution in [0.5, 0.6) is 17.2 Å². The summed E-state index contributed by atoms with van der Waals surface area (Å²) < 4.78 is 16.0. The quantitative estimate of drug-likeness (QED) is 0.545. The van der Waals surface area contributed by atoms with Crippen LogP contribution in [0.1, 0.15) is 11.1 Å². The number of benzene rings is 2. The van der Waals surface area contributed by atoms with Gasteiger partial charge >= 0.3 is 0 Å². The fourth-order valence-electron chi connectivity index (χ4n) is 2.98. The minimum atomic E-state index is -0.182. The van der Waals surface area contributed by atoms with E-state index in [2.05, 4.69) is 22.8 Å². The lowest BCUT2D eigenvalue weighted by Crippen LogP contribution is -2.20. The van der Waals surface area contributed by atoms with Crippen LogP contribution < -0.4 is 19.5 Å². The molecule has 6 heteroatoms. The Morgan fingerprint density at radius 1 is 1.03 bits per heavy atom. The lowest BCUT2D eigenvalue weighted by atomic mass is 10.0.